The number of carbonyl (C=O) groups is 5. The number of hydrogen-bond acceptors (Lipinski definition) is 5. The molecule has 2 atom stereocenters. The van der Waals surface area contributed by atoms with E-state index in [1.165, 1.54) is 4.90 Å². The first-order chi connectivity index (χ1) is 16.8. The Hall–Kier alpha value is -4.21. The molecule has 4 amide bonds. The fourth-order valence-corrected chi connectivity index (χ4v) is 3.85. The predicted octanol–water partition coefficient (Wildman–Crippen LogP) is 0.336. The molecule has 0 spiro atoms. The standard InChI is InChI=1S/C25H28N4O6/c30-21(15-27-23(32)18-10-5-2-6-11-18)26-16-22(31)29-13-7-12-20(29)24(33)28-19(25(34)35)14-17-8-3-1-4-9-17/h1-6,8-11,19-20H,7,12-16H2,(H,26,30)(H,27,32)(H,28,33)(H,34,35)/t19-,20-/m0/s1. The molecule has 4 N–H and O–H groups in total. The van der Waals surface area contributed by atoms with Gasteiger partial charge in [0.25, 0.3) is 5.91 Å². The molecular formula is C25H28N4O6. The Morgan fingerprint density at radius 1 is 0.914 bits per heavy atom. The molecule has 184 valence electrons. The van der Waals surface area contributed by atoms with Gasteiger partial charge in [0.2, 0.25) is 17.7 Å². The van der Waals surface area contributed by atoms with E-state index in [1.807, 2.05) is 6.07 Å². The van der Waals surface area contributed by atoms with Crippen molar-refractivity contribution in [2.45, 2.75) is 31.3 Å². The summed E-state index contributed by atoms with van der Waals surface area (Å²) in [4.78, 5) is 62.6. The highest BCUT2D eigenvalue weighted by molar-refractivity contribution is 5.97. The van der Waals surface area contributed by atoms with Gasteiger partial charge in [0.1, 0.15) is 12.1 Å². The number of benzene rings is 2. The Morgan fingerprint density at radius 2 is 1.57 bits per heavy atom. The lowest BCUT2D eigenvalue weighted by atomic mass is 10.1. The minimum Gasteiger partial charge on any atom is -0.480 e. The van der Waals surface area contributed by atoms with E-state index in [1.54, 1.807) is 54.6 Å². The summed E-state index contributed by atoms with van der Waals surface area (Å²) in [6.07, 6.45) is 1.10. The fourth-order valence-electron chi connectivity index (χ4n) is 3.85. The molecule has 35 heavy (non-hydrogen) atoms. The van der Waals surface area contributed by atoms with Gasteiger partial charge < -0.3 is 26.0 Å². The van der Waals surface area contributed by atoms with Crippen molar-refractivity contribution in [3.05, 3.63) is 71.8 Å². The average Bonchev–Trinajstić information content (AvgIpc) is 3.37. The number of nitrogens with zero attached hydrogens (tertiary/aromatic N) is 1. The molecule has 0 bridgehead atoms. The van der Waals surface area contributed by atoms with Gasteiger partial charge in [-0.2, -0.15) is 0 Å². The molecule has 1 aliphatic rings. The quantitative estimate of drug-likeness (QED) is 0.386. The zero-order valence-electron chi connectivity index (χ0n) is 19.1. The van der Waals surface area contributed by atoms with E-state index in [0.717, 1.165) is 5.56 Å². The van der Waals surface area contributed by atoms with Crippen molar-refractivity contribution in [3.8, 4) is 0 Å². The van der Waals surface area contributed by atoms with E-state index in [9.17, 15) is 29.1 Å². The van der Waals surface area contributed by atoms with Crippen LogP contribution in [-0.4, -0.2) is 71.3 Å². The molecule has 0 unspecified atom stereocenters. The van der Waals surface area contributed by atoms with Gasteiger partial charge in [0.05, 0.1) is 13.1 Å². The molecule has 2 aromatic carbocycles. The third kappa shape index (κ3) is 7.39. The van der Waals surface area contributed by atoms with Crippen LogP contribution in [0.2, 0.25) is 0 Å². The van der Waals surface area contributed by atoms with Crippen LogP contribution in [-0.2, 0) is 25.6 Å². The highest BCUT2D eigenvalue weighted by atomic mass is 16.4. The fraction of sp³-hybridized carbons (Fsp3) is 0.320. The molecule has 3 rings (SSSR count). The molecule has 0 saturated carbocycles. The smallest absolute Gasteiger partial charge is 0.326 e. The summed E-state index contributed by atoms with van der Waals surface area (Å²) in [6, 6.07) is 15.4. The van der Waals surface area contributed by atoms with Crippen molar-refractivity contribution >= 4 is 29.6 Å². The Balaban J connectivity index is 1.48. The maximum absolute atomic E-state index is 12.8. The molecule has 2 aromatic rings. The molecular weight excluding hydrogens is 452 g/mol. The molecule has 0 aromatic heterocycles. The van der Waals surface area contributed by atoms with E-state index in [-0.39, 0.29) is 19.5 Å². The van der Waals surface area contributed by atoms with E-state index in [0.29, 0.717) is 24.9 Å². The Bertz CT molecular complexity index is 1060. The van der Waals surface area contributed by atoms with Gasteiger partial charge in [0, 0.05) is 18.5 Å². The van der Waals surface area contributed by atoms with Crippen LogP contribution in [0, 0.1) is 0 Å². The maximum Gasteiger partial charge on any atom is 0.326 e. The number of carboxylic acids is 1. The number of amides is 4. The zero-order valence-corrected chi connectivity index (χ0v) is 19.1. The summed E-state index contributed by atoms with van der Waals surface area (Å²) in [7, 11) is 0. The molecule has 1 fully saturated rings. The normalized spacial score (nSPS) is 15.7. The van der Waals surface area contributed by atoms with Crippen LogP contribution in [0.1, 0.15) is 28.8 Å². The van der Waals surface area contributed by atoms with Crippen LogP contribution in [0.15, 0.2) is 60.7 Å². The Kier molecular flexibility index (Phi) is 8.94. The summed E-state index contributed by atoms with van der Waals surface area (Å²) >= 11 is 0. The third-order valence-corrected chi connectivity index (χ3v) is 5.66. The highest BCUT2D eigenvalue weighted by Crippen LogP contribution is 2.18. The lowest BCUT2D eigenvalue weighted by Gasteiger charge is -2.25. The predicted molar refractivity (Wildman–Crippen MR) is 126 cm³/mol. The van der Waals surface area contributed by atoms with Crippen molar-refractivity contribution in [1.82, 2.24) is 20.9 Å². The van der Waals surface area contributed by atoms with Crippen LogP contribution in [0.4, 0.5) is 0 Å². The minimum atomic E-state index is -1.16. The molecule has 0 radical (unpaired) electrons. The van der Waals surface area contributed by atoms with E-state index in [2.05, 4.69) is 16.0 Å². The topological polar surface area (TPSA) is 145 Å². The summed E-state index contributed by atoms with van der Waals surface area (Å²) in [5, 5.41) is 17.0. The lowest BCUT2D eigenvalue weighted by Crippen LogP contribution is -2.53. The first-order valence-electron chi connectivity index (χ1n) is 11.3. The van der Waals surface area contributed by atoms with Crippen molar-refractivity contribution < 1.29 is 29.1 Å². The van der Waals surface area contributed by atoms with Crippen molar-refractivity contribution in [2.75, 3.05) is 19.6 Å². The zero-order chi connectivity index (χ0) is 25.2. The van der Waals surface area contributed by atoms with E-state index >= 15 is 0 Å². The van der Waals surface area contributed by atoms with Gasteiger partial charge in [-0.25, -0.2) is 4.79 Å². The summed E-state index contributed by atoms with van der Waals surface area (Å²) in [6.45, 7) is -0.311. The van der Waals surface area contributed by atoms with Gasteiger partial charge in [-0.3, -0.25) is 19.2 Å². The minimum absolute atomic E-state index is 0.118. The van der Waals surface area contributed by atoms with Crippen molar-refractivity contribution in [3.63, 3.8) is 0 Å². The Labute approximate surface area is 202 Å². The first-order valence-corrected chi connectivity index (χ1v) is 11.3. The van der Waals surface area contributed by atoms with Crippen LogP contribution in [0.25, 0.3) is 0 Å². The molecule has 1 saturated heterocycles. The Morgan fingerprint density at radius 3 is 2.23 bits per heavy atom. The molecule has 0 aliphatic carbocycles. The highest BCUT2D eigenvalue weighted by Gasteiger charge is 2.35. The monoisotopic (exact) mass is 480 g/mol. The van der Waals surface area contributed by atoms with Crippen molar-refractivity contribution in [1.29, 1.82) is 0 Å². The number of rotatable bonds is 10. The van der Waals surface area contributed by atoms with Gasteiger partial charge >= 0.3 is 5.97 Å². The number of likely N-dealkylation sites (tertiary alicyclic amines) is 1. The average molecular weight is 481 g/mol. The van der Waals surface area contributed by atoms with Gasteiger partial charge in [0.15, 0.2) is 0 Å². The number of carboxylic acid groups (broad SMARTS) is 1. The summed E-state index contributed by atoms with van der Waals surface area (Å²) in [5.74, 6) is -3.12. The number of nitrogens with one attached hydrogen (secondary N) is 3. The van der Waals surface area contributed by atoms with Gasteiger partial charge in [-0.05, 0) is 30.5 Å². The lowest BCUT2D eigenvalue weighted by molar-refractivity contribution is -0.143. The largest absolute Gasteiger partial charge is 0.480 e. The number of aliphatic carboxylic acids is 1. The number of hydrogen-bond donors (Lipinski definition) is 4. The summed E-state index contributed by atoms with van der Waals surface area (Å²) in [5.41, 5.74) is 1.18. The second kappa shape index (κ2) is 12.3. The van der Waals surface area contributed by atoms with Crippen LogP contribution in [0.3, 0.4) is 0 Å². The van der Waals surface area contributed by atoms with Crippen LogP contribution in [0.5, 0.6) is 0 Å². The molecule has 10 nitrogen and oxygen atoms in total. The number of carbonyl (C=O) groups excluding carboxylic acids is 4. The maximum atomic E-state index is 12.8. The third-order valence-electron chi connectivity index (χ3n) is 5.66. The SMILES string of the molecule is O=C(CNC(=O)c1ccccc1)NCC(=O)N1CCC[C@H]1C(=O)N[C@@H](Cc1ccccc1)C(=O)O. The molecule has 1 heterocycles. The molecule has 10 heteroatoms. The molecule has 1 aliphatic heterocycles. The van der Waals surface area contributed by atoms with Gasteiger partial charge in [-0.1, -0.05) is 48.5 Å². The van der Waals surface area contributed by atoms with Crippen LogP contribution >= 0.6 is 0 Å². The first kappa shape index (κ1) is 25.4. The van der Waals surface area contributed by atoms with E-state index < -0.39 is 41.7 Å². The second-order valence-electron chi connectivity index (χ2n) is 8.16. The van der Waals surface area contributed by atoms with Crippen LogP contribution < -0.4 is 16.0 Å². The van der Waals surface area contributed by atoms with E-state index in [4.69, 9.17) is 0 Å². The summed E-state index contributed by atoms with van der Waals surface area (Å²) < 4.78 is 0. The second-order valence-corrected chi connectivity index (χ2v) is 8.16. The van der Waals surface area contributed by atoms with Gasteiger partial charge in [-0.15, -0.1) is 0 Å². The van der Waals surface area contributed by atoms with Crippen molar-refractivity contribution in [2.24, 2.45) is 0 Å².